The molecule has 0 saturated carbocycles. The second-order valence-electron chi connectivity index (χ2n) is 5.90. The predicted octanol–water partition coefficient (Wildman–Crippen LogP) is 2.21. The summed E-state index contributed by atoms with van der Waals surface area (Å²) in [5, 5.41) is 7.91. The number of carbonyl (C=O) groups is 2. The Kier molecular flexibility index (Phi) is 4.25. The topological polar surface area (TPSA) is 106 Å². The molecule has 0 saturated heterocycles. The summed E-state index contributed by atoms with van der Waals surface area (Å²) in [6.45, 7) is 3.73. The summed E-state index contributed by atoms with van der Waals surface area (Å²) in [5.41, 5.74) is 6.61. The first-order valence-electron chi connectivity index (χ1n) is 7.49. The van der Waals surface area contributed by atoms with Crippen LogP contribution in [0.1, 0.15) is 20.3 Å². The van der Waals surface area contributed by atoms with Crippen LogP contribution in [0.3, 0.4) is 0 Å². The van der Waals surface area contributed by atoms with Gasteiger partial charge in [-0.15, -0.1) is 11.3 Å². The Morgan fingerprint density at radius 3 is 3.00 bits per heavy atom. The van der Waals surface area contributed by atoms with Gasteiger partial charge in [0.05, 0.1) is 11.4 Å². The molecule has 0 atom stereocenters. The Morgan fingerprint density at radius 1 is 1.46 bits per heavy atom. The van der Waals surface area contributed by atoms with E-state index in [0.717, 1.165) is 5.56 Å². The maximum absolute atomic E-state index is 12.0. The number of thiazole rings is 1. The zero-order chi connectivity index (χ0) is 17.3. The number of fused-ring (bicyclic) bond motifs is 1. The number of rotatable bonds is 4. The molecule has 0 fully saturated rings. The van der Waals surface area contributed by atoms with E-state index in [9.17, 15) is 9.59 Å². The van der Waals surface area contributed by atoms with Crippen molar-refractivity contribution in [3.8, 4) is 17.0 Å². The maximum atomic E-state index is 12.0. The monoisotopic (exact) mass is 346 g/mol. The molecular formula is C16H18N4O3S. The molecule has 24 heavy (non-hydrogen) atoms. The Bertz CT molecular complexity index is 800. The fourth-order valence-electron chi connectivity index (χ4n) is 2.25. The van der Waals surface area contributed by atoms with E-state index in [4.69, 9.17) is 10.5 Å². The van der Waals surface area contributed by atoms with Crippen LogP contribution in [0.2, 0.25) is 0 Å². The van der Waals surface area contributed by atoms with E-state index in [0.29, 0.717) is 28.8 Å². The molecule has 1 aromatic carbocycles. The van der Waals surface area contributed by atoms with Gasteiger partial charge >= 0.3 is 0 Å². The lowest BCUT2D eigenvalue weighted by atomic mass is 10.0. The van der Waals surface area contributed by atoms with Crippen molar-refractivity contribution in [3.05, 3.63) is 23.6 Å². The fourth-order valence-corrected chi connectivity index (χ4v) is 2.98. The molecule has 2 heterocycles. The van der Waals surface area contributed by atoms with Gasteiger partial charge < -0.3 is 21.1 Å². The molecule has 1 aliphatic heterocycles. The average molecular weight is 346 g/mol. The summed E-state index contributed by atoms with van der Waals surface area (Å²) in [7, 11) is 0. The SMILES string of the molecule is CC1(C)Oc2ccc(-c3csc(NC(=O)CCN)n3)cc2NC1=O. The number of amides is 2. The van der Waals surface area contributed by atoms with Crippen LogP contribution >= 0.6 is 11.3 Å². The molecule has 1 aromatic heterocycles. The van der Waals surface area contributed by atoms with Gasteiger partial charge in [0.25, 0.3) is 5.91 Å². The summed E-state index contributed by atoms with van der Waals surface area (Å²) < 4.78 is 5.71. The van der Waals surface area contributed by atoms with Crippen molar-refractivity contribution in [2.24, 2.45) is 5.73 Å². The minimum atomic E-state index is -0.893. The molecule has 0 radical (unpaired) electrons. The highest BCUT2D eigenvalue weighted by Crippen LogP contribution is 2.37. The molecule has 8 heteroatoms. The highest BCUT2D eigenvalue weighted by molar-refractivity contribution is 7.14. The number of benzene rings is 1. The van der Waals surface area contributed by atoms with Gasteiger partial charge in [-0.25, -0.2) is 4.98 Å². The molecule has 7 nitrogen and oxygen atoms in total. The van der Waals surface area contributed by atoms with Crippen LogP contribution in [0.4, 0.5) is 10.8 Å². The zero-order valence-electron chi connectivity index (χ0n) is 13.4. The quantitative estimate of drug-likeness (QED) is 0.787. The van der Waals surface area contributed by atoms with E-state index in [2.05, 4.69) is 15.6 Å². The van der Waals surface area contributed by atoms with E-state index < -0.39 is 5.60 Å². The summed E-state index contributed by atoms with van der Waals surface area (Å²) in [6, 6.07) is 5.48. The van der Waals surface area contributed by atoms with Crippen LogP contribution in [-0.2, 0) is 9.59 Å². The van der Waals surface area contributed by atoms with E-state index >= 15 is 0 Å². The first kappa shape index (κ1) is 16.4. The molecule has 2 amide bonds. The van der Waals surface area contributed by atoms with Gasteiger partial charge in [-0.3, -0.25) is 9.59 Å². The van der Waals surface area contributed by atoms with Crippen molar-refractivity contribution in [2.45, 2.75) is 25.9 Å². The Hall–Kier alpha value is -2.45. The van der Waals surface area contributed by atoms with Crippen molar-refractivity contribution in [3.63, 3.8) is 0 Å². The minimum Gasteiger partial charge on any atom is -0.476 e. The summed E-state index contributed by atoms with van der Waals surface area (Å²) in [5.74, 6) is 0.266. The highest BCUT2D eigenvalue weighted by atomic mass is 32.1. The van der Waals surface area contributed by atoms with E-state index in [-0.39, 0.29) is 18.2 Å². The number of aromatic nitrogens is 1. The van der Waals surface area contributed by atoms with Gasteiger partial charge in [-0.05, 0) is 32.0 Å². The second-order valence-corrected chi connectivity index (χ2v) is 6.76. The lowest BCUT2D eigenvalue weighted by molar-refractivity contribution is -0.129. The van der Waals surface area contributed by atoms with Crippen LogP contribution in [0.5, 0.6) is 5.75 Å². The summed E-state index contributed by atoms with van der Waals surface area (Å²) in [6.07, 6.45) is 0.257. The van der Waals surface area contributed by atoms with Crippen molar-refractivity contribution < 1.29 is 14.3 Å². The van der Waals surface area contributed by atoms with Gasteiger partial charge in [-0.1, -0.05) is 0 Å². The van der Waals surface area contributed by atoms with E-state index in [1.54, 1.807) is 19.9 Å². The number of anilines is 2. The van der Waals surface area contributed by atoms with Gasteiger partial charge in [0.15, 0.2) is 10.7 Å². The standard InChI is InChI=1S/C16H18N4O3S/c1-16(2)14(22)18-10-7-9(3-4-12(10)23-16)11-8-24-15(19-11)20-13(21)5-6-17/h3-4,7-8H,5-6,17H2,1-2H3,(H,18,22)(H,19,20,21). The number of hydrogen-bond donors (Lipinski definition) is 3. The van der Waals surface area contributed by atoms with Crippen LogP contribution < -0.4 is 21.1 Å². The fraction of sp³-hybridized carbons (Fsp3) is 0.312. The normalized spacial score (nSPS) is 15.2. The molecule has 0 aliphatic carbocycles. The lowest BCUT2D eigenvalue weighted by Crippen LogP contribution is -2.45. The van der Waals surface area contributed by atoms with Crippen molar-refractivity contribution >= 4 is 34.0 Å². The van der Waals surface area contributed by atoms with Gasteiger partial charge in [-0.2, -0.15) is 0 Å². The van der Waals surface area contributed by atoms with Gasteiger partial charge in [0, 0.05) is 23.9 Å². The smallest absolute Gasteiger partial charge is 0.268 e. The van der Waals surface area contributed by atoms with E-state index in [1.807, 2.05) is 17.5 Å². The first-order chi connectivity index (χ1) is 11.4. The largest absolute Gasteiger partial charge is 0.476 e. The third-order valence-electron chi connectivity index (χ3n) is 3.56. The number of nitrogens with one attached hydrogen (secondary N) is 2. The van der Waals surface area contributed by atoms with Gasteiger partial charge in [0.1, 0.15) is 5.75 Å². The zero-order valence-corrected chi connectivity index (χ0v) is 14.2. The predicted molar refractivity (Wildman–Crippen MR) is 93.2 cm³/mol. The molecule has 0 bridgehead atoms. The van der Waals surface area contributed by atoms with Crippen molar-refractivity contribution in [1.82, 2.24) is 4.98 Å². The van der Waals surface area contributed by atoms with Gasteiger partial charge in [0.2, 0.25) is 5.91 Å². The first-order valence-corrected chi connectivity index (χ1v) is 8.37. The molecule has 1 aliphatic rings. The molecule has 3 rings (SSSR count). The van der Waals surface area contributed by atoms with Crippen LogP contribution in [0, 0.1) is 0 Å². The molecule has 126 valence electrons. The number of hydrogen-bond acceptors (Lipinski definition) is 6. The Labute approximate surface area is 143 Å². The maximum Gasteiger partial charge on any atom is 0.268 e. The third kappa shape index (κ3) is 3.24. The number of nitrogens with two attached hydrogens (primary N) is 1. The van der Waals surface area contributed by atoms with E-state index in [1.165, 1.54) is 11.3 Å². The molecular weight excluding hydrogens is 328 g/mol. The summed E-state index contributed by atoms with van der Waals surface area (Å²) >= 11 is 1.33. The number of ether oxygens (including phenoxy) is 1. The van der Waals surface area contributed by atoms with Crippen molar-refractivity contribution in [2.75, 3.05) is 17.2 Å². The Balaban J connectivity index is 1.82. The van der Waals surface area contributed by atoms with Crippen LogP contribution in [0.15, 0.2) is 23.6 Å². The van der Waals surface area contributed by atoms with Crippen LogP contribution in [0.25, 0.3) is 11.3 Å². The van der Waals surface area contributed by atoms with Crippen LogP contribution in [-0.4, -0.2) is 28.9 Å². The minimum absolute atomic E-state index is 0.160. The molecule has 0 unspecified atom stereocenters. The third-order valence-corrected chi connectivity index (χ3v) is 4.32. The number of nitrogens with zero attached hydrogens (tertiary/aromatic N) is 1. The average Bonchev–Trinajstić information content (AvgIpc) is 2.96. The highest BCUT2D eigenvalue weighted by Gasteiger charge is 2.35. The molecule has 4 N–H and O–H groups in total. The number of carbonyl (C=O) groups excluding carboxylic acids is 2. The molecule has 2 aromatic rings. The lowest BCUT2D eigenvalue weighted by Gasteiger charge is -2.31. The summed E-state index contributed by atoms with van der Waals surface area (Å²) in [4.78, 5) is 28.0. The van der Waals surface area contributed by atoms with Crippen molar-refractivity contribution in [1.29, 1.82) is 0 Å². The molecule has 0 spiro atoms. The Morgan fingerprint density at radius 2 is 2.25 bits per heavy atom. The second kappa shape index (κ2) is 6.21.